The second kappa shape index (κ2) is 6.97. The molecule has 1 aromatic carbocycles. The van der Waals surface area contributed by atoms with Crippen molar-refractivity contribution in [2.45, 2.75) is 30.9 Å². The van der Waals surface area contributed by atoms with E-state index in [0.29, 0.717) is 15.5 Å². The van der Waals surface area contributed by atoms with Gasteiger partial charge in [-0.3, -0.25) is 8.98 Å². The monoisotopic (exact) mass is 398 g/mol. The normalized spacial score (nSPS) is 20.2. The maximum absolute atomic E-state index is 12.7. The smallest absolute Gasteiger partial charge is 0.466 e. The lowest BCUT2D eigenvalue weighted by Gasteiger charge is -2.30. The maximum Gasteiger partial charge on any atom is 0.523 e. The molecule has 0 bridgehead atoms. The van der Waals surface area contributed by atoms with Crippen molar-refractivity contribution >= 4 is 39.8 Å². The minimum atomic E-state index is -5.92. The zero-order chi connectivity index (χ0) is 18.9. The Labute approximate surface area is 146 Å². The lowest BCUT2D eigenvalue weighted by atomic mass is 9.90. The summed E-state index contributed by atoms with van der Waals surface area (Å²) in [6.45, 7) is 1.51. The van der Waals surface area contributed by atoms with Crippen molar-refractivity contribution in [3.8, 4) is 0 Å². The quantitative estimate of drug-likeness (QED) is 0.430. The topological polar surface area (TPSA) is 69.7 Å². The molecule has 0 amide bonds. The molecule has 1 aliphatic carbocycles. The van der Waals surface area contributed by atoms with E-state index >= 15 is 0 Å². The molecule has 1 aliphatic rings. The number of hydrogen-bond donors (Lipinski definition) is 0. The third kappa shape index (κ3) is 4.53. The van der Waals surface area contributed by atoms with Gasteiger partial charge in [-0.25, -0.2) is 0 Å². The van der Waals surface area contributed by atoms with Gasteiger partial charge < -0.3 is 4.74 Å². The van der Waals surface area contributed by atoms with Gasteiger partial charge >= 0.3 is 21.6 Å². The molecule has 0 heterocycles. The van der Waals surface area contributed by atoms with Crippen LogP contribution in [0.4, 0.5) is 13.2 Å². The molecule has 0 radical (unpaired) electrons. The zero-order valence-electron chi connectivity index (χ0n) is 13.0. The molecule has 25 heavy (non-hydrogen) atoms. The Morgan fingerprint density at radius 3 is 2.60 bits per heavy atom. The van der Waals surface area contributed by atoms with E-state index in [0.717, 1.165) is 6.08 Å². The van der Waals surface area contributed by atoms with Gasteiger partial charge in [0.2, 0.25) is 0 Å². The van der Waals surface area contributed by atoms with Crippen LogP contribution in [0.1, 0.15) is 19.8 Å². The van der Waals surface area contributed by atoms with Crippen molar-refractivity contribution in [1.29, 1.82) is 0 Å². The van der Waals surface area contributed by atoms with Crippen molar-refractivity contribution in [2.24, 2.45) is 0 Å². The van der Waals surface area contributed by atoms with Crippen LogP contribution >= 0.6 is 11.6 Å². The van der Waals surface area contributed by atoms with Gasteiger partial charge in [-0.05, 0) is 35.6 Å². The molecule has 0 N–H and O–H groups in total. The first-order chi connectivity index (χ1) is 11.5. The average Bonchev–Trinajstić information content (AvgIpc) is 2.45. The van der Waals surface area contributed by atoms with Crippen LogP contribution in [-0.4, -0.2) is 32.1 Å². The van der Waals surface area contributed by atoms with Crippen molar-refractivity contribution in [3.63, 3.8) is 0 Å². The van der Waals surface area contributed by atoms with Gasteiger partial charge in [0, 0.05) is 11.4 Å². The number of fused-ring (bicyclic) bond motifs is 1. The van der Waals surface area contributed by atoms with Gasteiger partial charge in [0.25, 0.3) is 0 Å². The zero-order valence-corrected chi connectivity index (χ0v) is 14.5. The van der Waals surface area contributed by atoms with Crippen LogP contribution in [0, 0.1) is 0 Å². The van der Waals surface area contributed by atoms with Gasteiger partial charge in [-0.1, -0.05) is 23.7 Å². The molecule has 2 rings (SSSR count). The fraction of sp³-hybridized carbons (Fsp3) is 0.400. The molecule has 0 saturated heterocycles. The predicted octanol–water partition coefficient (Wildman–Crippen LogP) is 1.86. The van der Waals surface area contributed by atoms with E-state index in [9.17, 15) is 26.4 Å². The summed E-state index contributed by atoms with van der Waals surface area (Å²) >= 11 is 5.87. The summed E-state index contributed by atoms with van der Waals surface area (Å²) in [5.41, 5.74) is -7.66. The highest BCUT2D eigenvalue weighted by atomic mass is 35.5. The minimum Gasteiger partial charge on any atom is -0.466 e. The molecular weight excluding hydrogens is 385 g/mol. The van der Waals surface area contributed by atoms with Crippen molar-refractivity contribution in [2.75, 3.05) is 6.61 Å². The summed E-state index contributed by atoms with van der Waals surface area (Å²) in [5.74, 6) is -0.880. The highest BCUT2D eigenvalue weighted by Crippen LogP contribution is 2.34. The third-order valence-corrected chi connectivity index (χ3v) is 4.80. The molecule has 0 fully saturated rings. The molecule has 0 aromatic heterocycles. The summed E-state index contributed by atoms with van der Waals surface area (Å²) in [6.07, 6.45) is 1.69. The SMILES string of the molecule is CCOC(=O)CC1(OS(=O)(=O)C(F)(F)F)C=c2cc(Cl)ccc2=CC1. The standard InChI is InChI=1S/C15H14ClF3O5S/c1-2-23-13(20)9-14(24-25(21,22)15(17,18)19)6-5-10-3-4-12(16)7-11(10)8-14/h3-5,7-8H,2,6,9H2,1H3. The fourth-order valence-electron chi connectivity index (χ4n) is 2.41. The lowest BCUT2D eigenvalue weighted by molar-refractivity contribution is -0.146. The van der Waals surface area contributed by atoms with Crippen LogP contribution < -0.4 is 10.4 Å². The minimum absolute atomic E-state index is 0.00688. The number of alkyl halides is 3. The molecule has 1 atom stereocenters. The van der Waals surface area contributed by atoms with Crippen LogP contribution in [0.2, 0.25) is 5.02 Å². The molecule has 138 valence electrons. The average molecular weight is 399 g/mol. The number of ether oxygens (including phenoxy) is 1. The molecule has 1 aromatic rings. The molecule has 1 unspecified atom stereocenters. The first-order valence-corrected chi connectivity index (χ1v) is 8.93. The molecule has 0 saturated carbocycles. The van der Waals surface area contributed by atoms with Crippen molar-refractivity contribution in [1.82, 2.24) is 0 Å². The van der Waals surface area contributed by atoms with Gasteiger partial charge in [-0.15, -0.1) is 0 Å². The van der Waals surface area contributed by atoms with Crippen LogP contribution in [-0.2, 0) is 23.8 Å². The van der Waals surface area contributed by atoms with E-state index in [2.05, 4.69) is 4.18 Å². The Bertz CT molecular complexity index is 895. The van der Waals surface area contributed by atoms with Gasteiger partial charge in [-0.2, -0.15) is 21.6 Å². The van der Waals surface area contributed by atoms with E-state index in [1.165, 1.54) is 19.1 Å². The highest BCUT2D eigenvalue weighted by Gasteiger charge is 2.52. The van der Waals surface area contributed by atoms with E-state index < -0.39 is 33.6 Å². The number of benzene rings is 1. The number of esters is 1. The van der Waals surface area contributed by atoms with Gasteiger partial charge in [0.15, 0.2) is 0 Å². The van der Waals surface area contributed by atoms with Crippen molar-refractivity contribution in [3.05, 3.63) is 33.7 Å². The summed E-state index contributed by atoms with van der Waals surface area (Å²) in [4.78, 5) is 11.8. The Balaban J connectivity index is 2.53. The van der Waals surface area contributed by atoms with E-state index in [4.69, 9.17) is 16.3 Å². The van der Waals surface area contributed by atoms with E-state index in [1.807, 2.05) is 0 Å². The molecular formula is C15H14ClF3O5S. The summed E-state index contributed by atoms with van der Waals surface area (Å²) in [7, 11) is -5.92. The fourth-order valence-corrected chi connectivity index (χ4v) is 3.30. The van der Waals surface area contributed by atoms with Gasteiger partial charge in [0.1, 0.15) is 5.60 Å². The number of carbonyl (C=O) groups excluding carboxylic acids is 1. The van der Waals surface area contributed by atoms with Crippen LogP contribution in [0.5, 0.6) is 0 Å². The second-order valence-corrected chi connectivity index (χ2v) is 7.33. The maximum atomic E-state index is 12.7. The van der Waals surface area contributed by atoms with E-state index in [1.54, 1.807) is 12.1 Å². The first-order valence-electron chi connectivity index (χ1n) is 7.14. The Kier molecular flexibility index (Phi) is 5.50. The number of rotatable bonds is 5. The Hall–Kier alpha value is -1.58. The largest absolute Gasteiger partial charge is 0.523 e. The lowest BCUT2D eigenvalue weighted by Crippen LogP contribution is -2.45. The number of hydrogen-bond acceptors (Lipinski definition) is 5. The van der Waals surface area contributed by atoms with E-state index in [-0.39, 0.29) is 13.0 Å². The summed E-state index contributed by atoms with van der Waals surface area (Å²) < 4.78 is 70.3. The van der Waals surface area contributed by atoms with Crippen molar-refractivity contribution < 1.29 is 35.3 Å². The molecule has 5 nitrogen and oxygen atoms in total. The van der Waals surface area contributed by atoms with Crippen LogP contribution in [0.15, 0.2) is 18.2 Å². The number of carbonyl (C=O) groups is 1. The number of halogens is 4. The van der Waals surface area contributed by atoms with Crippen LogP contribution in [0.3, 0.4) is 0 Å². The molecule has 10 heteroatoms. The van der Waals surface area contributed by atoms with Gasteiger partial charge in [0.05, 0.1) is 13.0 Å². The Morgan fingerprint density at radius 2 is 2.00 bits per heavy atom. The second-order valence-electron chi connectivity index (χ2n) is 5.36. The Morgan fingerprint density at radius 1 is 1.32 bits per heavy atom. The summed E-state index contributed by atoms with van der Waals surface area (Å²) in [5, 5.41) is 1.30. The highest BCUT2D eigenvalue weighted by molar-refractivity contribution is 7.87. The molecule has 0 aliphatic heterocycles. The first kappa shape index (κ1) is 19.7. The molecule has 0 spiro atoms. The predicted molar refractivity (Wildman–Crippen MR) is 84.3 cm³/mol. The third-order valence-electron chi connectivity index (χ3n) is 3.44. The van der Waals surface area contributed by atoms with Crippen LogP contribution in [0.25, 0.3) is 12.2 Å². The summed E-state index contributed by atoms with van der Waals surface area (Å²) in [6, 6.07) is 4.65.